The van der Waals surface area contributed by atoms with Gasteiger partial charge >= 0.3 is 0 Å². The van der Waals surface area contributed by atoms with Gasteiger partial charge in [-0.2, -0.15) is 0 Å². The van der Waals surface area contributed by atoms with Gasteiger partial charge in [0.15, 0.2) is 5.82 Å². The van der Waals surface area contributed by atoms with E-state index in [0.29, 0.717) is 11.6 Å². The molecule has 2 heterocycles. The van der Waals surface area contributed by atoms with Crippen molar-refractivity contribution in [3.8, 4) is 0 Å². The molecule has 0 aliphatic rings. The third-order valence-corrected chi connectivity index (χ3v) is 3.20. The Labute approximate surface area is 128 Å². The summed E-state index contributed by atoms with van der Waals surface area (Å²) in [7, 11) is 0. The van der Waals surface area contributed by atoms with Crippen LogP contribution in [0.25, 0.3) is 0 Å². The Kier molecular flexibility index (Phi) is 4.00. The lowest BCUT2D eigenvalue weighted by Crippen LogP contribution is -2.17. The molecule has 0 aliphatic heterocycles. The highest BCUT2D eigenvalue weighted by atomic mass is 16.5. The minimum absolute atomic E-state index is 0.630. The SMILES string of the molecule is CCN(c1ccccc1)c1cc(Nc2cc(C)on2)ncn1. The minimum Gasteiger partial charge on any atom is -0.360 e. The number of hydrogen-bond donors (Lipinski definition) is 1. The lowest BCUT2D eigenvalue weighted by Gasteiger charge is -2.22. The molecular formula is C16H17N5O. The average molecular weight is 295 g/mol. The minimum atomic E-state index is 0.630. The molecular weight excluding hydrogens is 278 g/mol. The van der Waals surface area contributed by atoms with E-state index in [9.17, 15) is 0 Å². The Morgan fingerprint density at radius 1 is 1.09 bits per heavy atom. The van der Waals surface area contributed by atoms with Crippen LogP contribution in [0, 0.1) is 6.92 Å². The van der Waals surface area contributed by atoms with Crippen molar-refractivity contribution in [3.05, 3.63) is 54.6 Å². The highest BCUT2D eigenvalue weighted by Gasteiger charge is 2.10. The van der Waals surface area contributed by atoms with E-state index < -0.39 is 0 Å². The Balaban J connectivity index is 1.86. The summed E-state index contributed by atoms with van der Waals surface area (Å²) in [6.07, 6.45) is 1.54. The molecule has 0 unspecified atom stereocenters. The highest BCUT2D eigenvalue weighted by molar-refractivity contribution is 5.63. The fraction of sp³-hybridized carbons (Fsp3) is 0.188. The summed E-state index contributed by atoms with van der Waals surface area (Å²) in [6.45, 7) is 4.74. The van der Waals surface area contributed by atoms with Crippen molar-refractivity contribution < 1.29 is 4.52 Å². The molecule has 3 rings (SSSR count). The van der Waals surface area contributed by atoms with Gasteiger partial charge in [0.2, 0.25) is 0 Å². The predicted molar refractivity (Wildman–Crippen MR) is 85.7 cm³/mol. The molecule has 0 radical (unpaired) electrons. The van der Waals surface area contributed by atoms with Crippen molar-refractivity contribution in [2.45, 2.75) is 13.8 Å². The van der Waals surface area contributed by atoms with E-state index in [-0.39, 0.29) is 0 Å². The van der Waals surface area contributed by atoms with Crippen molar-refractivity contribution in [3.63, 3.8) is 0 Å². The number of para-hydroxylation sites is 1. The van der Waals surface area contributed by atoms with Crippen LogP contribution in [0.3, 0.4) is 0 Å². The molecule has 1 aromatic carbocycles. The lowest BCUT2D eigenvalue weighted by atomic mass is 10.3. The first-order chi connectivity index (χ1) is 10.8. The van der Waals surface area contributed by atoms with Gasteiger partial charge in [0.25, 0.3) is 0 Å². The van der Waals surface area contributed by atoms with E-state index in [0.717, 1.165) is 23.8 Å². The molecule has 1 N–H and O–H groups in total. The van der Waals surface area contributed by atoms with Crippen molar-refractivity contribution in [1.29, 1.82) is 0 Å². The third kappa shape index (κ3) is 3.06. The second-order valence-corrected chi connectivity index (χ2v) is 4.79. The zero-order chi connectivity index (χ0) is 15.4. The Hall–Kier alpha value is -2.89. The molecule has 0 bridgehead atoms. The number of hydrogen-bond acceptors (Lipinski definition) is 6. The van der Waals surface area contributed by atoms with Crippen LogP contribution in [0.1, 0.15) is 12.7 Å². The largest absolute Gasteiger partial charge is 0.360 e. The molecule has 0 fully saturated rings. The number of aromatic nitrogens is 3. The van der Waals surface area contributed by atoms with Crippen LogP contribution in [0.15, 0.2) is 53.3 Å². The molecule has 0 spiro atoms. The van der Waals surface area contributed by atoms with Gasteiger partial charge in [-0.1, -0.05) is 23.4 Å². The number of anilines is 4. The molecule has 6 nitrogen and oxygen atoms in total. The molecule has 0 saturated heterocycles. The summed E-state index contributed by atoms with van der Waals surface area (Å²) in [5.74, 6) is 2.88. The molecule has 22 heavy (non-hydrogen) atoms. The normalized spacial score (nSPS) is 10.5. The van der Waals surface area contributed by atoms with Gasteiger partial charge in [-0.15, -0.1) is 0 Å². The third-order valence-electron chi connectivity index (χ3n) is 3.20. The predicted octanol–water partition coefficient (Wildman–Crippen LogP) is 3.67. The van der Waals surface area contributed by atoms with E-state index in [1.807, 2.05) is 37.3 Å². The van der Waals surface area contributed by atoms with Gasteiger partial charge in [0.1, 0.15) is 23.7 Å². The monoisotopic (exact) mass is 295 g/mol. The summed E-state index contributed by atoms with van der Waals surface area (Å²) in [4.78, 5) is 10.7. The summed E-state index contributed by atoms with van der Waals surface area (Å²) in [5, 5.41) is 7.02. The highest BCUT2D eigenvalue weighted by Crippen LogP contribution is 2.25. The fourth-order valence-corrected chi connectivity index (χ4v) is 2.20. The van der Waals surface area contributed by atoms with Crippen LogP contribution >= 0.6 is 0 Å². The summed E-state index contributed by atoms with van der Waals surface area (Å²) in [5.41, 5.74) is 1.09. The maximum absolute atomic E-state index is 5.04. The Morgan fingerprint density at radius 2 is 1.91 bits per heavy atom. The maximum Gasteiger partial charge on any atom is 0.175 e. The van der Waals surface area contributed by atoms with Crippen molar-refractivity contribution >= 4 is 23.1 Å². The van der Waals surface area contributed by atoms with E-state index >= 15 is 0 Å². The summed E-state index contributed by atoms with van der Waals surface area (Å²) in [6, 6.07) is 13.8. The zero-order valence-corrected chi connectivity index (χ0v) is 12.5. The quantitative estimate of drug-likeness (QED) is 0.774. The molecule has 0 atom stereocenters. The number of nitrogens with one attached hydrogen (secondary N) is 1. The second kappa shape index (κ2) is 6.26. The van der Waals surface area contributed by atoms with Gasteiger partial charge in [0.05, 0.1) is 0 Å². The number of rotatable bonds is 5. The molecule has 0 saturated carbocycles. The van der Waals surface area contributed by atoms with Crippen LogP contribution in [0.4, 0.5) is 23.1 Å². The van der Waals surface area contributed by atoms with Crippen LogP contribution < -0.4 is 10.2 Å². The maximum atomic E-state index is 5.04. The molecule has 0 amide bonds. The first-order valence-electron chi connectivity index (χ1n) is 7.11. The topological polar surface area (TPSA) is 67.1 Å². The van der Waals surface area contributed by atoms with Crippen LogP contribution in [0.5, 0.6) is 0 Å². The van der Waals surface area contributed by atoms with Crippen LogP contribution in [-0.4, -0.2) is 21.7 Å². The second-order valence-electron chi connectivity index (χ2n) is 4.79. The number of benzene rings is 1. The standard InChI is InChI=1S/C16H17N5O/c1-3-21(13-7-5-4-6-8-13)16-10-14(17-11-18-16)19-15-9-12(2)22-20-15/h4-11H,3H2,1-2H3,(H,17,18,19,20). The van der Waals surface area contributed by atoms with Gasteiger partial charge < -0.3 is 14.7 Å². The molecule has 112 valence electrons. The number of nitrogens with zero attached hydrogens (tertiary/aromatic N) is 4. The smallest absolute Gasteiger partial charge is 0.175 e. The van der Waals surface area contributed by atoms with Gasteiger partial charge in [-0.3, -0.25) is 0 Å². The van der Waals surface area contributed by atoms with Crippen molar-refractivity contribution in [2.75, 3.05) is 16.8 Å². The zero-order valence-electron chi connectivity index (χ0n) is 12.5. The number of aryl methyl sites for hydroxylation is 1. The molecule has 6 heteroatoms. The Morgan fingerprint density at radius 3 is 2.59 bits per heavy atom. The van der Waals surface area contributed by atoms with Gasteiger partial charge in [-0.05, 0) is 26.0 Å². The summed E-state index contributed by atoms with van der Waals surface area (Å²) >= 11 is 0. The van der Waals surface area contributed by atoms with Gasteiger partial charge in [0, 0.05) is 24.4 Å². The molecule has 3 aromatic rings. The van der Waals surface area contributed by atoms with E-state index in [1.165, 1.54) is 6.33 Å². The molecule has 2 aromatic heterocycles. The van der Waals surface area contributed by atoms with E-state index in [2.05, 4.69) is 44.4 Å². The van der Waals surface area contributed by atoms with E-state index in [4.69, 9.17) is 4.52 Å². The van der Waals surface area contributed by atoms with Gasteiger partial charge in [-0.25, -0.2) is 9.97 Å². The fourth-order valence-electron chi connectivity index (χ4n) is 2.20. The van der Waals surface area contributed by atoms with Crippen molar-refractivity contribution in [1.82, 2.24) is 15.1 Å². The van der Waals surface area contributed by atoms with Crippen LogP contribution in [0.2, 0.25) is 0 Å². The first-order valence-corrected chi connectivity index (χ1v) is 7.11. The van der Waals surface area contributed by atoms with E-state index in [1.54, 1.807) is 0 Å². The lowest BCUT2D eigenvalue weighted by molar-refractivity contribution is 0.400. The Bertz CT molecular complexity index is 741. The summed E-state index contributed by atoms with van der Waals surface area (Å²) < 4.78 is 5.04. The average Bonchev–Trinajstić information content (AvgIpc) is 2.95. The first kappa shape index (κ1) is 14.1. The van der Waals surface area contributed by atoms with Crippen LogP contribution in [-0.2, 0) is 0 Å². The van der Waals surface area contributed by atoms with Crippen molar-refractivity contribution in [2.24, 2.45) is 0 Å². The molecule has 0 aliphatic carbocycles.